The molecule has 0 unspecified atom stereocenters. The zero-order valence-electron chi connectivity index (χ0n) is 14.2. The number of hydrogen-bond donors (Lipinski definition) is 1. The predicted molar refractivity (Wildman–Crippen MR) is 96.7 cm³/mol. The summed E-state index contributed by atoms with van der Waals surface area (Å²) in [4.78, 5) is 14.4. The molecule has 1 fully saturated rings. The number of carbonyl (C=O) groups excluding carboxylic acids is 1. The Balaban J connectivity index is 1.94. The van der Waals surface area contributed by atoms with Gasteiger partial charge in [0.05, 0.1) is 6.26 Å². The van der Waals surface area contributed by atoms with Gasteiger partial charge in [-0.1, -0.05) is 23.7 Å². The highest BCUT2D eigenvalue weighted by atomic mass is 35.5. The standard InChI is InChI=1S/C17H25ClN2O3S/c1-13-6-7-14(11-16(13)18)8-9-17(21)20-10-4-3-5-15(20)12-19-24(2,22)23/h6-7,11,15,19H,3-5,8-10,12H2,1-2H3/t15-/m0/s1. The Labute approximate surface area is 149 Å². The zero-order valence-corrected chi connectivity index (χ0v) is 15.8. The van der Waals surface area contributed by atoms with Crippen LogP contribution >= 0.6 is 11.6 Å². The van der Waals surface area contributed by atoms with Crippen LogP contribution in [0.4, 0.5) is 0 Å². The number of nitrogens with zero attached hydrogens (tertiary/aromatic N) is 1. The quantitative estimate of drug-likeness (QED) is 0.834. The molecule has 2 rings (SSSR count). The molecule has 1 heterocycles. The van der Waals surface area contributed by atoms with Crippen LogP contribution in [0.5, 0.6) is 0 Å². The first-order valence-electron chi connectivity index (χ1n) is 8.25. The molecule has 0 aromatic heterocycles. The second-order valence-electron chi connectivity index (χ2n) is 6.44. The molecular weight excluding hydrogens is 348 g/mol. The summed E-state index contributed by atoms with van der Waals surface area (Å²) >= 11 is 6.12. The van der Waals surface area contributed by atoms with Gasteiger partial charge in [-0.2, -0.15) is 0 Å². The van der Waals surface area contributed by atoms with E-state index in [1.54, 1.807) is 0 Å². The van der Waals surface area contributed by atoms with E-state index in [-0.39, 0.29) is 11.9 Å². The first-order chi connectivity index (χ1) is 11.3. The van der Waals surface area contributed by atoms with Gasteiger partial charge in [-0.3, -0.25) is 4.79 Å². The second-order valence-corrected chi connectivity index (χ2v) is 8.68. The number of amides is 1. The molecule has 0 spiro atoms. The van der Waals surface area contributed by atoms with Gasteiger partial charge in [-0.15, -0.1) is 0 Å². The van der Waals surface area contributed by atoms with Gasteiger partial charge in [0, 0.05) is 30.6 Å². The third-order valence-corrected chi connectivity index (χ3v) is 5.49. The lowest BCUT2D eigenvalue weighted by atomic mass is 10.0. The summed E-state index contributed by atoms with van der Waals surface area (Å²) in [5.74, 6) is 0.0756. The Bertz CT molecular complexity index is 691. The number of rotatable bonds is 6. The van der Waals surface area contributed by atoms with Crippen molar-refractivity contribution in [3.05, 3.63) is 34.3 Å². The Kier molecular flexibility index (Phi) is 6.66. The molecule has 1 atom stereocenters. The van der Waals surface area contributed by atoms with Crippen LogP contribution in [0.15, 0.2) is 18.2 Å². The molecule has 0 aliphatic carbocycles. The highest BCUT2D eigenvalue weighted by molar-refractivity contribution is 7.88. The summed E-state index contributed by atoms with van der Waals surface area (Å²) in [6.45, 7) is 2.94. The molecule has 1 amide bonds. The van der Waals surface area contributed by atoms with Crippen molar-refractivity contribution in [3.63, 3.8) is 0 Å². The van der Waals surface area contributed by atoms with Crippen LogP contribution in [0.3, 0.4) is 0 Å². The number of nitrogens with one attached hydrogen (secondary N) is 1. The van der Waals surface area contributed by atoms with Gasteiger partial charge in [0.1, 0.15) is 0 Å². The van der Waals surface area contributed by atoms with Crippen molar-refractivity contribution in [1.29, 1.82) is 0 Å². The molecule has 1 aromatic rings. The third kappa shape index (κ3) is 5.76. The van der Waals surface area contributed by atoms with Gasteiger partial charge in [0.15, 0.2) is 0 Å². The van der Waals surface area contributed by atoms with E-state index in [1.807, 2.05) is 30.0 Å². The van der Waals surface area contributed by atoms with Crippen LogP contribution in [-0.2, 0) is 21.2 Å². The summed E-state index contributed by atoms with van der Waals surface area (Å²) in [5.41, 5.74) is 2.07. The summed E-state index contributed by atoms with van der Waals surface area (Å²) in [5, 5.41) is 0.716. The van der Waals surface area contributed by atoms with Crippen LogP contribution in [0.25, 0.3) is 0 Å². The highest BCUT2D eigenvalue weighted by Crippen LogP contribution is 2.20. The Hall–Kier alpha value is -1.11. The van der Waals surface area contributed by atoms with Gasteiger partial charge in [0.2, 0.25) is 15.9 Å². The van der Waals surface area contributed by atoms with Crippen molar-refractivity contribution in [2.75, 3.05) is 19.3 Å². The third-order valence-electron chi connectivity index (χ3n) is 4.39. The molecule has 24 heavy (non-hydrogen) atoms. The molecular formula is C17H25ClN2O3S. The van der Waals surface area contributed by atoms with E-state index in [0.717, 1.165) is 36.6 Å². The molecule has 134 valence electrons. The molecule has 0 saturated carbocycles. The van der Waals surface area contributed by atoms with E-state index in [9.17, 15) is 13.2 Å². The molecule has 0 bridgehead atoms. The monoisotopic (exact) mass is 372 g/mol. The SMILES string of the molecule is Cc1ccc(CCC(=O)N2CCCC[C@H]2CNS(C)(=O)=O)cc1Cl. The maximum atomic E-state index is 12.6. The number of benzene rings is 1. The van der Waals surface area contributed by atoms with E-state index >= 15 is 0 Å². The van der Waals surface area contributed by atoms with Crippen LogP contribution < -0.4 is 4.72 Å². The van der Waals surface area contributed by atoms with Crippen LogP contribution in [0.2, 0.25) is 5.02 Å². The molecule has 7 heteroatoms. The number of carbonyl (C=O) groups is 1. The maximum absolute atomic E-state index is 12.6. The molecule has 1 N–H and O–H groups in total. The minimum Gasteiger partial charge on any atom is -0.338 e. The Morgan fingerprint density at radius 3 is 2.79 bits per heavy atom. The zero-order chi connectivity index (χ0) is 17.7. The van der Waals surface area contributed by atoms with Gasteiger partial charge in [-0.05, 0) is 49.8 Å². The minimum absolute atomic E-state index is 0.0532. The minimum atomic E-state index is -3.24. The van der Waals surface area contributed by atoms with Gasteiger partial charge >= 0.3 is 0 Å². The molecule has 1 aliphatic rings. The second kappa shape index (κ2) is 8.32. The molecule has 0 radical (unpaired) electrons. The number of hydrogen-bond acceptors (Lipinski definition) is 3. The van der Waals surface area contributed by atoms with E-state index in [2.05, 4.69) is 4.72 Å². The first kappa shape index (κ1) is 19.2. The normalized spacial score (nSPS) is 18.6. The number of sulfonamides is 1. The lowest BCUT2D eigenvalue weighted by Gasteiger charge is -2.36. The van der Waals surface area contributed by atoms with Crippen molar-refractivity contribution in [2.45, 2.75) is 45.1 Å². The fourth-order valence-corrected chi connectivity index (χ4v) is 3.67. The fourth-order valence-electron chi connectivity index (χ4n) is 2.98. The topological polar surface area (TPSA) is 66.5 Å². The summed E-state index contributed by atoms with van der Waals surface area (Å²) in [7, 11) is -3.24. The first-order valence-corrected chi connectivity index (χ1v) is 10.5. The lowest BCUT2D eigenvalue weighted by molar-refractivity contribution is -0.134. The van der Waals surface area contributed by atoms with Crippen molar-refractivity contribution in [3.8, 4) is 0 Å². The highest BCUT2D eigenvalue weighted by Gasteiger charge is 2.26. The van der Waals surface area contributed by atoms with E-state index in [4.69, 9.17) is 11.6 Å². The fraction of sp³-hybridized carbons (Fsp3) is 0.588. The molecule has 1 saturated heterocycles. The number of likely N-dealkylation sites (tertiary alicyclic amines) is 1. The van der Waals surface area contributed by atoms with Crippen molar-refractivity contribution in [1.82, 2.24) is 9.62 Å². The summed E-state index contributed by atoms with van der Waals surface area (Å²) < 4.78 is 25.1. The molecule has 1 aliphatic heterocycles. The largest absolute Gasteiger partial charge is 0.338 e. The average Bonchev–Trinajstić information content (AvgIpc) is 2.53. The predicted octanol–water partition coefficient (Wildman–Crippen LogP) is 2.51. The van der Waals surface area contributed by atoms with Crippen molar-refractivity contribution < 1.29 is 13.2 Å². The van der Waals surface area contributed by atoms with Crippen molar-refractivity contribution >= 4 is 27.5 Å². The van der Waals surface area contributed by atoms with E-state index < -0.39 is 10.0 Å². The summed E-state index contributed by atoms with van der Waals surface area (Å²) in [6, 6.07) is 5.81. The Morgan fingerprint density at radius 1 is 1.38 bits per heavy atom. The average molecular weight is 373 g/mol. The Morgan fingerprint density at radius 2 is 2.12 bits per heavy atom. The van der Waals surface area contributed by atoms with E-state index in [0.29, 0.717) is 31.0 Å². The number of piperidine rings is 1. The molecule has 1 aromatic carbocycles. The van der Waals surface area contributed by atoms with E-state index in [1.165, 1.54) is 0 Å². The lowest BCUT2D eigenvalue weighted by Crippen LogP contribution is -2.49. The van der Waals surface area contributed by atoms with Crippen molar-refractivity contribution in [2.24, 2.45) is 0 Å². The van der Waals surface area contributed by atoms with Gasteiger partial charge < -0.3 is 4.90 Å². The van der Waals surface area contributed by atoms with Crippen LogP contribution in [-0.4, -0.2) is 44.6 Å². The van der Waals surface area contributed by atoms with Gasteiger partial charge in [-0.25, -0.2) is 13.1 Å². The molecule has 5 nitrogen and oxygen atoms in total. The van der Waals surface area contributed by atoms with Crippen LogP contribution in [0, 0.1) is 6.92 Å². The summed E-state index contributed by atoms with van der Waals surface area (Å²) in [6.07, 6.45) is 5.02. The number of halogens is 1. The van der Waals surface area contributed by atoms with Gasteiger partial charge in [0.25, 0.3) is 0 Å². The maximum Gasteiger partial charge on any atom is 0.223 e. The number of aryl methyl sites for hydroxylation is 2. The van der Waals surface area contributed by atoms with Crippen LogP contribution in [0.1, 0.15) is 36.8 Å². The smallest absolute Gasteiger partial charge is 0.223 e.